The molecule has 0 aliphatic heterocycles. The van der Waals surface area contributed by atoms with Gasteiger partial charge in [0.05, 0.1) is 20.9 Å². The maximum atomic E-state index is 9.26. The van der Waals surface area contributed by atoms with Gasteiger partial charge in [0, 0.05) is 0 Å². The molecule has 1 atom stereocenters. The van der Waals surface area contributed by atoms with E-state index in [-0.39, 0.29) is 43.3 Å². The van der Waals surface area contributed by atoms with Gasteiger partial charge in [0.2, 0.25) is 0 Å². The van der Waals surface area contributed by atoms with Gasteiger partial charge in [-0.25, -0.2) is 0 Å². The van der Waals surface area contributed by atoms with E-state index >= 15 is 0 Å². The van der Waals surface area contributed by atoms with Gasteiger partial charge in [-0.2, -0.15) is 0 Å². The van der Waals surface area contributed by atoms with Crippen molar-refractivity contribution in [2.24, 2.45) is 0 Å². The number of alkyl halides is 1. The molecule has 0 aliphatic carbocycles. The van der Waals surface area contributed by atoms with Gasteiger partial charge >= 0.3 is 0 Å². The molecule has 0 radical (unpaired) electrons. The van der Waals surface area contributed by atoms with Gasteiger partial charge < -0.3 is 9.84 Å². The molecule has 8 heteroatoms. The molecule has 0 aromatic heterocycles. The third kappa shape index (κ3) is 3.60. The Bertz CT molecular complexity index is 393. The molecule has 1 unspecified atom stereocenters. The van der Waals surface area contributed by atoms with Crippen LogP contribution >= 0.6 is 69.6 Å². The topological polar surface area (TPSA) is 29.5 Å². The average molecular weight is 359 g/mol. The smallest absolute Gasteiger partial charge is 0.159 e. The zero-order chi connectivity index (χ0) is 13.2. The number of aliphatic hydroxyl groups is 1. The molecule has 0 spiro atoms. The molecular weight excluding hydrogens is 353 g/mol. The third-order valence-corrected chi connectivity index (χ3v) is 4.37. The molecule has 1 N–H and O–H groups in total. The number of ether oxygens (including phenoxy) is 1. The van der Waals surface area contributed by atoms with Gasteiger partial charge in [-0.05, 0) is 0 Å². The van der Waals surface area contributed by atoms with Gasteiger partial charge in [0.15, 0.2) is 5.75 Å². The second-order valence-electron chi connectivity index (χ2n) is 3.02. The molecular formula is C9H6Cl6O2. The Kier molecular flexibility index (Phi) is 6.27. The Labute approximate surface area is 128 Å². The Morgan fingerprint density at radius 3 is 1.71 bits per heavy atom. The highest BCUT2D eigenvalue weighted by Gasteiger charge is 2.21. The Morgan fingerprint density at radius 1 is 0.882 bits per heavy atom. The maximum Gasteiger partial charge on any atom is 0.159 e. The highest BCUT2D eigenvalue weighted by Crippen LogP contribution is 2.48. The van der Waals surface area contributed by atoms with Crippen LogP contribution in [0.5, 0.6) is 5.75 Å². The summed E-state index contributed by atoms with van der Waals surface area (Å²) in [5, 5.41) is 9.46. The standard InChI is InChI=1S/C9H6Cl6O2/c10-1-3(16)2-17-9-7(14)5(12)4(11)6(13)8(9)15/h3,16H,1-2H2. The highest BCUT2D eigenvalue weighted by molar-refractivity contribution is 6.55. The fourth-order valence-corrected chi connectivity index (χ4v) is 2.25. The van der Waals surface area contributed by atoms with Crippen LogP contribution in [0.25, 0.3) is 0 Å². The molecule has 0 heterocycles. The number of rotatable bonds is 4. The van der Waals surface area contributed by atoms with Crippen LogP contribution in [-0.2, 0) is 0 Å². The first-order valence-electron chi connectivity index (χ1n) is 4.28. The molecule has 0 aliphatic rings. The Balaban J connectivity index is 3.07. The van der Waals surface area contributed by atoms with Gasteiger partial charge in [-0.1, -0.05) is 58.0 Å². The van der Waals surface area contributed by atoms with Crippen LogP contribution in [0.1, 0.15) is 0 Å². The van der Waals surface area contributed by atoms with Crippen LogP contribution in [0.15, 0.2) is 0 Å². The van der Waals surface area contributed by atoms with Crippen molar-refractivity contribution in [1.29, 1.82) is 0 Å². The predicted molar refractivity (Wildman–Crippen MR) is 73.7 cm³/mol. The first-order chi connectivity index (χ1) is 7.90. The summed E-state index contributed by atoms with van der Waals surface area (Å²) in [7, 11) is 0. The zero-order valence-electron chi connectivity index (χ0n) is 8.11. The summed E-state index contributed by atoms with van der Waals surface area (Å²) in [6.07, 6.45) is -0.850. The van der Waals surface area contributed by atoms with Crippen molar-refractivity contribution in [3.8, 4) is 5.75 Å². The Morgan fingerprint density at radius 2 is 1.29 bits per heavy atom. The molecule has 1 aromatic carbocycles. The Hall–Kier alpha value is 0.720. The van der Waals surface area contributed by atoms with Crippen LogP contribution in [0.3, 0.4) is 0 Å². The fourth-order valence-electron chi connectivity index (χ4n) is 0.936. The quantitative estimate of drug-likeness (QED) is 0.469. The number of benzene rings is 1. The first-order valence-corrected chi connectivity index (χ1v) is 6.70. The second kappa shape index (κ2) is 6.76. The van der Waals surface area contributed by atoms with Crippen LogP contribution in [0, 0.1) is 0 Å². The minimum atomic E-state index is -0.850. The molecule has 0 amide bonds. The molecule has 1 aromatic rings. The minimum Gasteiger partial charge on any atom is -0.488 e. The van der Waals surface area contributed by atoms with Crippen molar-refractivity contribution in [3.63, 3.8) is 0 Å². The van der Waals surface area contributed by atoms with E-state index in [1.807, 2.05) is 0 Å². The lowest BCUT2D eigenvalue weighted by Gasteiger charge is -2.15. The lowest BCUT2D eigenvalue weighted by atomic mass is 10.3. The number of aliphatic hydroxyl groups excluding tert-OH is 1. The molecule has 0 saturated carbocycles. The van der Waals surface area contributed by atoms with E-state index in [1.165, 1.54) is 0 Å². The minimum absolute atomic E-state index is 0.0181. The molecule has 17 heavy (non-hydrogen) atoms. The maximum absolute atomic E-state index is 9.26. The van der Waals surface area contributed by atoms with Crippen LogP contribution in [-0.4, -0.2) is 23.7 Å². The summed E-state index contributed by atoms with van der Waals surface area (Å²) in [4.78, 5) is 0. The van der Waals surface area contributed by atoms with E-state index in [2.05, 4.69) is 0 Å². The van der Waals surface area contributed by atoms with Crippen molar-refractivity contribution >= 4 is 69.6 Å². The monoisotopic (exact) mass is 356 g/mol. The first kappa shape index (κ1) is 15.8. The van der Waals surface area contributed by atoms with Crippen molar-refractivity contribution in [2.75, 3.05) is 12.5 Å². The second-order valence-corrected chi connectivity index (χ2v) is 5.22. The normalized spacial score (nSPS) is 12.6. The van der Waals surface area contributed by atoms with Crippen molar-refractivity contribution in [1.82, 2.24) is 0 Å². The molecule has 1 rings (SSSR count). The van der Waals surface area contributed by atoms with E-state index in [1.54, 1.807) is 0 Å². The van der Waals surface area contributed by atoms with Gasteiger partial charge in [-0.15, -0.1) is 11.6 Å². The van der Waals surface area contributed by atoms with E-state index in [9.17, 15) is 5.11 Å². The molecule has 2 nitrogen and oxygen atoms in total. The van der Waals surface area contributed by atoms with E-state index in [0.717, 1.165) is 0 Å². The highest BCUT2D eigenvalue weighted by atomic mass is 35.5. The molecule has 96 valence electrons. The van der Waals surface area contributed by atoms with Crippen LogP contribution in [0.2, 0.25) is 25.1 Å². The van der Waals surface area contributed by atoms with E-state index in [4.69, 9.17) is 74.3 Å². The van der Waals surface area contributed by atoms with Crippen molar-refractivity contribution < 1.29 is 9.84 Å². The average Bonchev–Trinajstić information content (AvgIpc) is 2.33. The number of hydrogen-bond acceptors (Lipinski definition) is 2. The van der Waals surface area contributed by atoms with Crippen molar-refractivity contribution in [3.05, 3.63) is 25.1 Å². The van der Waals surface area contributed by atoms with E-state index in [0.29, 0.717) is 0 Å². The summed E-state index contributed by atoms with van der Waals surface area (Å²) < 4.78 is 5.21. The lowest BCUT2D eigenvalue weighted by molar-refractivity contribution is 0.125. The van der Waals surface area contributed by atoms with Crippen LogP contribution < -0.4 is 4.74 Å². The van der Waals surface area contributed by atoms with Crippen molar-refractivity contribution in [2.45, 2.75) is 6.10 Å². The summed E-state index contributed by atoms with van der Waals surface area (Å²) in [6, 6.07) is 0. The molecule has 0 saturated heterocycles. The van der Waals surface area contributed by atoms with Crippen LogP contribution in [0.4, 0.5) is 0 Å². The fraction of sp³-hybridized carbons (Fsp3) is 0.333. The van der Waals surface area contributed by atoms with Gasteiger partial charge in [0.1, 0.15) is 22.8 Å². The number of hydrogen-bond donors (Lipinski definition) is 1. The SMILES string of the molecule is OC(CCl)COc1c(Cl)c(Cl)c(Cl)c(Cl)c1Cl. The van der Waals surface area contributed by atoms with Gasteiger partial charge in [0.25, 0.3) is 0 Å². The summed E-state index contributed by atoms with van der Waals surface area (Å²) >= 11 is 34.7. The predicted octanol–water partition coefficient (Wildman–Crippen LogP) is 4.93. The number of halogens is 6. The summed E-state index contributed by atoms with van der Waals surface area (Å²) in [5.41, 5.74) is 0. The lowest BCUT2D eigenvalue weighted by Crippen LogP contribution is -2.19. The molecule has 0 fully saturated rings. The largest absolute Gasteiger partial charge is 0.488 e. The summed E-state index contributed by atoms with van der Waals surface area (Å²) in [6.45, 7) is -0.0861. The molecule has 0 bridgehead atoms. The third-order valence-electron chi connectivity index (χ3n) is 1.77. The van der Waals surface area contributed by atoms with E-state index < -0.39 is 6.10 Å². The van der Waals surface area contributed by atoms with Gasteiger partial charge in [-0.3, -0.25) is 0 Å². The zero-order valence-corrected chi connectivity index (χ0v) is 12.7. The summed E-state index contributed by atoms with van der Waals surface area (Å²) in [5.74, 6) is 0.0847.